The van der Waals surface area contributed by atoms with Gasteiger partial charge >= 0.3 is 6.01 Å². The number of hydrogen-bond acceptors (Lipinski definition) is 8. The molecule has 5 rings (SSSR count). The van der Waals surface area contributed by atoms with Gasteiger partial charge in [-0.15, -0.1) is 0 Å². The van der Waals surface area contributed by atoms with E-state index in [1.165, 1.54) is 18.2 Å². The van der Waals surface area contributed by atoms with Crippen molar-refractivity contribution in [1.82, 2.24) is 25.3 Å². The van der Waals surface area contributed by atoms with E-state index in [2.05, 4.69) is 39.1 Å². The highest BCUT2D eigenvalue weighted by Crippen LogP contribution is 2.42. The van der Waals surface area contributed by atoms with Gasteiger partial charge in [-0.05, 0) is 38.1 Å². The summed E-state index contributed by atoms with van der Waals surface area (Å²) in [7, 11) is 0. The molecule has 0 aliphatic carbocycles. The third-order valence-corrected chi connectivity index (χ3v) is 6.42. The molecule has 1 fully saturated rings. The van der Waals surface area contributed by atoms with Crippen LogP contribution < -0.4 is 15.0 Å². The van der Waals surface area contributed by atoms with Gasteiger partial charge in [-0.2, -0.15) is 9.97 Å². The zero-order valence-corrected chi connectivity index (χ0v) is 21.0. The molecular weight excluding hydrogens is 502 g/mol. The fraction of sp³-hybridized carbons (Fsp3) is 0.308. The summed E-state index contributed by atoms with van der Waals surface area (Å²) in [5, 5.41) is 14.1. The van der Waals surface area contributed by atoms with Gasteiger partial charge < -0.3 is 20.1 Å². The molecule has 37 heavy (non-hydrogen) atoms. The van der Waals surface area contributed by atoms with Gasteiger partial charge in [0.1, 0.15) is 28.7 Å². The molecule has 3 heterocycles. The molecule has 2 aromatic heterocycles. The van der Waals surface area contributed by atoms with Crippen molar-refractivity contribution in [2.75, 3.05) is 24.6 Å². The zero-order chi connectivity index (χ0) is 26.1. The Morgan fingerprint density at radius 1 is 1.08 bits per heavy atom. The van der Waals surface area contributed by atoms with Crippen molar-refractivity contribution in [1.29, 1.82) is 0 Å². The van der Waals surface area contributed by atoms with Gasteiger partial charge in [-0.1, -0.05) is 17.7 Å². The molecule has 4 aromatic rings. The molecule has 2 atom stereocenters. The van der Waals surface area contributed by atoms with Crippen molar-refractivity contribution in [2.45, 2.75) is 32.4 Å². The minimum Gasteiger partial charge on any atom is -0.507 e. The Balaban J connectivity index is 1.63. The number of hydrogen-bond donors (Lipinski definition) is 2. The molecule has 0 saturated carbocycles. The van der Waals surface area contributed by atoms with Crippen LogP contribution in [0.5, 0.6) is 11.8 Å². The number of rotatable bonds is 6. The van der Waals surface area contributed by atoms with Crippen LogP contribution in [0, 0.1) is 11.6 Å². The first-order valence-electron chi connectivity index (χ1n) is 11.9. The standard InChI is InChI=1S/C26H25ClF2N6O2/c1-14-12-35(13-15(2)32-14)25-16-11-17(27)21(22-18(28)5-3-6-19(22)36)23(29)24(16)33-26(34-25)37-10-7-20-30-8-4-9-31-20/h3-6,8-9,11,14-15,32,36H,7,10,12-13H2,1-2H3/t14-,15+. The Morgan fingerprint density at radius 2 is 1.81 bits per heavy atom. The number of anilines is 1. The van der Waals surface area contributed by atoms with Gasteiger partial charge in [0.15, 0.2) is 5.82 Å². The number of phenolic OH excluding ortho intramolecular Hbond substituents is 1. The average Bonchev–Trinajstić information content (AvgIpc) is 2.86. The number of phenols is 1. The summed E-state index contributed by atoms with van der Waals surface area (Å²) in [6.45, 7) is 5.50. The monoisotopic (exact) mass is 526 g/mol. The van der Waals surface area contributed by atoms with Crippen molar-refractivity contribution in [3.8, 4) is 22.9 Å². The van der Waals surface area contributed by atoms with E-state index in [4.69, 9.17) is 16.3 Å². The van der Waals surface area contributed by atoms with Crippen LogP contribution in [0.15, 0.2) is 42.7 Å². The molecule has 0 spiro atoms. The predicted molar refractivity (Wildman–Crippen MR) is 137 cm³/mol. The van der Waals surface area contributed by atoms with Crippen LogP contribution in [0.3, 0.4) is 0 Å². The number of aromatic hydroxyl groups is 1. The van der Waals surface area contributed by atoms with Crippen molar-refractivity contribution in [2.24, 2.45) is 0 Å². The highest BCUT2D eigenvalue weighted by molar-refractivity contribution is 6.34. The number of halogens is 3. The Bertz CT molecular complexity index is 1410. The Kier molecular flexibility index (Phi) is 7.03. The van der Waals surface area contributed by atoms with Crippen LogP contribution in [0.25, 0.3) is 22.0 Å². The molecule has 1 aliphatic heterocycles. The van der Waals surface area contributed by atoms with E-state index in [1.54, 1.807) is 18.5 Å². The van der Waals surface area contributed by atoms with Crippen LogP contribution >= 0.6 is 11.6 Å². The second kappa shape index (κ2) is 10.4. The van der Waals surface area contributed by atoms with E-state index in [0.717, 1.165) is 6.07 Å². The van der Waals surface area contributed by atoms with Gasteiger partial charge in [0.05, 0.1) is 17.2 Å². The average molecular weight is 527 g/mol. The lowest BCUT2D eigenvalue weighted by atomic mass is 10.0. The van der Waals surface area contributed by atoms with Crippen LogP contribution in [0.2, 0.25) is 5.02 Å². The SMILES string of the molecule is C[C@@H]1CN(c2nc(OCCc3ncccn3)nc3c(F)c(-c4c(O)cccc4F)c(Cl)cc23)C[C@H](C)N1. The Morgan fingerprint density at radius 3 is 2.51 bits per heavy atom. The first-order chi connectivity index (χ1) is 17.8. The van der Waals surface area contributed by atoms with Gasteiger partial charge in [-0.25, -0.2) is 18.7 Å². The molecular formula is C26H25ClF2N6O2. The second-order valence-corrected chi connectivity index (χ2v) is 9.45. The summed E-state index contributed by atoms with van der Waals surface area (Å²) >= 11 is 6.50. The maximum absolute atomic E-state index is 16.1. The second-order valence-electron chi connectivity index (χ2n) is 9.04. The summed E-state index contributed by atoms with van der Waals surface area (Å²) in [6.07, 6.45) is 3.67. The summed E-state index contributed by atoms with van der Waals surface area (Å²) in [5.41, 5.74) is -0.697. The molecule has 0 radical (unpaired) electrons. The molecule has 0 bridgehead atoms. The van der Waals surface area contributed by atoms with E-state index >= 15 is 4.39 Å². The fourth-order valence-electron chi connectivity index (χ4n) is 4.65. The highest BCUT2D eigenvalue weighted by atomic mass is 35.5. The van der Waals surface area contributed by atoms with E-state index in [-0.39, 0.29) is 46.4 Å². The number of nitrogens with one attached hydrogen (secondary N) is 1. The highest BCUT2D eigenvalue weighted by Gasteiger charge is 2.28. The van der Waals surface area contributed by atoms with Gasteiger partial charge in [0.25, 0.3) is 0 Å². The van der Waals surface area contributed by atoms with Crippen LogP contribution in [0.4, 0.5) is 14.6 Å². The summed E-state index contributed by atoms with van der Waals surface area (Å²) < 4.78 is 36.6. The van der Waals surface area contributed by atoms with Crippen molar-refractivity contribution >= 4 is 28.3 Å². The number of fused-ring (bicyclic) bond motifs is 1. The number of ether oxygens (including phenoxy) is 1. The first kappa shape index (κ1) is 25.0. The third kappa shape index (κ3) is 5.12. The Labute approximate surface area is 217 Å². The molecule has 0 unspecified atom stereocenters. The van der Waals surface area contributed by atoms with Crippen molar-refractivity contribution in [3.63, 3.8) is 0 Å². The maximum atomic E-state index is 16.1. The molecule has 2 N–H and O–H groups in total. The van der Waals surface area contributed by atoms with Crippen LogP contribution in [0.1, 0.15) is 19.7 Å². The summed E-state index contributed by atoms with van der Waals surface area (Å²) in [4.78, 5) is 19.3. The zero-order valence-electron chi connectivity index (χ0n) is 20.3. The molecule has 1 saturated heterocycles. The third-order valence-electron chi connectivity index (χ3n) is 6.12. The first-order valence-corrected chi connectivity index (χ1v) is 12.3. The van der Waals surface area contributed by atoms with Gasteiger partial charge in [0, 0.05) is 54.9 Å². The van der Waals surface area contributed by atoms with Gasteiger partial charge in [0.2, 0.25) is 0 Å². The normalized spacial score (nSPS) is 17.8. The summed E-state index contributed by atoms with van der Waals surface area (Å²) in [5.74, 6) is -1.07. The lowest BCUT2D eigenvalue weighted by molar-refractivity contribution is 0.294. The predicted octanol–water partition coefficient (Wildman–Crippen LogP) is 4.53. The van der Waals surface area contributed by atoms with Crippen molar-refractivity contribution < 1.29 is 18.6 Å². The minimum atomic E-state index is -0.876. The number of aromatic nitrogens is 4. The smallest absolute Gasteiger partial charge is 0.319 e. The molecule has 0 amide bonds. The number of nitrogens with zero attached hydrogens (tertiary/aromatic N) is 5. The quantitative estimate of drug-likeness (QED) is 0.378. The number of benzene rings is 2. The van der Waals surface area contributed by atoms with E-state index in [0.29, 0.717) is 36.5 Å². The van der Waals surface area contributed by atoms with Gasteiger partial charge in [-0.3, -0.25) is 0 Å². The topological polar surface area (TPSA) is 96.3 Å². The largest absolute Gasteiger partial charge is 0.507 e. The minimum absolute atomic E-state index is 0.0396. The fourth-order valence-corrected chi connectivity index (χ4v) is 4.93. The lowest BCUT2D eigenvalue weighted by Crippen LogP contribution is -2.54. The Hall–Kier alpha value is -3.63. The van der Waals surface area contributed by atoms with E-state index in [9.17, 15) is 9.50 Å². The van der Waals surface area contributed by atoms with Crippen molar-refractivity contribution in [3.05, 3.63) is 65.2 Å². The lowest BCUT2D eigenvalue weighted by Gasteiger charge is -2.37. The summed E-state index contributed by atoms with van der Waals surface area (Å²) in [6, 6.07) is 7.23. The maximum Gasteiger partial charge on any atom is 0.319 e. The van der Waals surface area contributed by atoms with Crippen LogP contribution in [-0.2, 0) is 6.42 Å². The van der Waals surface area contributed by atoms with E-state index < -0.39 is 17.4 Å². The number of piperazine rings is 1. The van der Waals surface area contributed by atoms with E-state index in [1.807, 2.05) is 4.90 Å². The van der Waals surface area contributed by atoms with Crippen LogP contribution in [-0.4, -0.2) is 56.8 Å². The molecule has 11 heteroatoms. The molecule has 192 valence electrons. The molecule has 8 nitrogen and oxygen atoms in total. The molecule has 1 aliphatic rings. The molecule has 2 aromatic carbocycles.